The molecule has 0 fully saturated rings. The third-order valence-corrected chi connectivity index (χ3v) is 6.17. The topological polar surface area (TPSA) is 32.3 Å². The Morgan fingerprint density at radius 2 is 1.92 bits per heavy atom. The molecule has 0 aromatic heterocycles. The molecule has 5 heteroatoms. The van der Waals surface area contributed by atoms with Gasteiger partial charge in [-0.2, -0.15) is 0 Å². The van der Waals surface area contributed by atoms with Gasteiger partial charge in [0.15, 0.2) is 5.78 Å². The summed E-state index contributed by atoms with van der Waals surface area (Å²) in [6, 6.07) is 13.7. The summed E-state index contributed by atoms with van der Waals surface area (Å²) in [5.41, 5.74) is 2.45. The number of hydrogen-bond donors (Lipinski definition) is 1. The predicted molar refractivity (Wildman–Crippen MR) is 108 cm³/mol. The Bertz CT molecular complexity index is 821. The summed E-state index contributed by atoms with van der Waals surface area (Å²) in [6.07, 6.45) is 1.23. The first-order chi connectivity index (χ1) is 12.4. The normalized spacial score (nSPS) is 20.7. The Morgan fingerprint density at radius 1 is 1.19 bits per heavy atom. The van der Waals surface area contributed by atoms with Crippen LogP contribution in [0.15, 0.2) is 42.5 Å². The number of carbonyl (C=O) groups excluding carboxylic acids is 1. The number of hydrogen-bond acceptors (Lipinski definition) is 3. The van der Waals surface area contributed by atoms with Gasteiger partial charge in [0.1, 0.15) is 5.54 Å². The maximum Gasteiger partial charge on any atom is 0.163 e. The number of nitrogens with zero attached hydrogens (tertiary/aromatic N) is 1. The van der Waals surface area contributed by atoms with E-state index in [4.69, 9.17) is 23.2 Å². The first kappa shape index (κ1) is 19.4. The molecule has 3 rings (SSSR count). The van der Waals surface area contributed by atoms with Gasteiger partial charge >= 0.3 is 0 Å². The molecular formula is C21H24Cl2N2O. The van der Waals surface area contributed by atoms with E-state index in [9.17, 15) is 4.79 Å². The molecule has 138 valence electrons. The molecule has 1 aliphatic heterocycles. The van der Waals surface area contributed by atoms with Crippen LogP contribution in [-0.4, -0.2) is 37.4 Å². The van der Waals surface area contributed by atoms with Gasteiger partial charge in [-0.1, -0.05) is 53.5 Å². The van der Waals surface area contributed by atoms with Crippen molar-refractivity contribution in [3.8, 4) is 0 Å². The lowest BCUT2D eigenvalue weighted by Crippen LogP contribution is -2.63. The first-order valence-electron chi connectivity index (χ1n) is 8.83. The molecule has 0 radical (unpaired) electrons. The summed E-state index contributed by atoms with van der Waals surface area (Å²) < 4.78 is 0. The second-order valence-corrected chi connectivity index (χ2v) is 7.94. The van der Waals surface area contributed by atoms with Gasteiger partial charge in [0.05, 0.1) is 10.0 Å². The molecule has 1 aliphatic rings. The average Bonchev–Trinajstić information content (AvgIpc) is 2.63. The van der Waals surface area contributed by atoms with Crippen LogP contribution >= 0.6 is 23.2 Å². The van der Waals surface area contributed by atoms with Crippen molar-refractivity contribution in [2.45, 2.75) is 31.3 Å². The molecule has 26 heavy (non-hydrogen) atoms. The van der Waals surface area contributed by atoms with Crippen molar-refractivity contribution in [3.05, 3.63) is 69.2 Å². The number of rotatable bonds is 5. The minimum Gasteiger partial charge on any atom is -0.304 e. The monoisotopic (exact) mass is 390 g/mol. The van der Waals surface area contributed by atoms with Crippen LogP contribution in [0.1, 0.15) is 23.6 Å². The van der Waals surface area contributed by atoms with Gasteiger partial charge in [0, 0.05) is 19.0 Å². The van der Waals surface area contributed by atoms with Crippen molar-refractivity contribution in [2.75, 3.05) is 20.6 Å². The van der Waals surface area contributed by atoms with Crippen molar-refractivity contribution < 1.29 is 4.79 Å². The van der Waals surface area contributed by atoms with E-state index in [2.05, 4.69) is 29.3 Å². The number of nitrogens with one attached hydrogen (secondary N) is 1. The molecule has 0 spiro atoms. The predicted octanol–water partition coefficient (Wildman–Crippen LogP) is 4.10. The smallest absolute Gasteiger partial charge is 0.163 e. The molecule has 0 saturated carbocycles. The van der Waals surface area contributed by atoms with E-state index in [1.54, 1.807) is 12.1 Å². The first-order valence-corrected chi connectivity index (χ1v) is 9.59. The van der Waals surface area contributed by atoms with Crippen molar-refractivity contribution in [1.82, 2.24) is 10.2 Å². The lowest BCUT2D eigenvalue weighted by atomic mass is 9.73. The van der Waals surface area contributed by atoms with Crippen LogP contribution in [0.25, 0.3) is 0 Å². The molecular weight excluding hydrogens is 367 g/mol. The van der Waals surface area contributed by atoms with E-state index in [1.165, 1.54) is 5.56 Å². The maximum atomic E-state index is 13.6. The Labute approximate surface area is 165 Å². The van der Waals surface area contributed by atoms with Gasteiger partial charge in [0.25, 0.3) is 0 Å². The molecule has 1 heterocycles. The third-order valence-electron chi connectivity index (χ3n) is 5.43. The molecule has 1 N–H and O–H groups in total. The van der Waals surface area contributed by atoms with Gasteiger partial charge in [-0.15, -0.1) is 0 Å². The van der Waals surface area contributed by atoms with Gasteiger partial charge in [-0.25, -0.2) is 0 Å². The van der Waals surface area contributed by atoms with Crippen LogP contribution in [0.5, 0.6) is 0 Å². The number of benzene rings is 2. The molecule has 2 aromatic carbocycles. The van der Waals surface area contributed by atoms with Crippen LogP contribution in [-0.2, 0) is 23.2 Å². The fourth-order valence-electron chi connectivity index (χ4n) is 3.83. The zero-order chi connectivity index (χ0) is 18.9. The summed E-state index contributed by atoms with van der Waals surface area (Å²) in [6.45, 7) is 2.88. The van der Waals surface area contributed by atoms with Crippen LogP contribution in [0.3, 0.4) is 0 Å². The zero-order valence-electron chi connectivity index (χ0n) is 15.4. The van der Waals surface area contributed by atoms with Gasteiger partial charge in [-0.3, -0.25) is 10.1 Å². The summed E-state index contributed by atoms with van der Waals surface area (Å²) in [7, 11) is 4.02. The van der Waals surface area contributed by atoms with Crippen LogP contribution in [0.4, 0.5) is 0 Å². The fraction of sp³-hybridized carbons (Fsp3) is 0.381. The number of ketones is 1. The van der Waals surface area contributed by atoms with E-state index in [0.717, 1.165) is 24.1 Å². The number of carbonyl (C=O) groups is 1. The molecule has 0 bridgehead atoms. The van der Waals surface area contributed by atoms with Crippen LogP contribution in [0.2, 0.25) is 10.0 Å². The maximum absolute atomic E-state index is 13.6. The van der Waals surface area contributed by atoms with E-state index in [-0.39, 0.29) is 11.8 Å². The third kappa shape index (κ3) is 3.41. The minimum absolute atomic E-state index is 0.000720. The molecule has 0 amide bonds. The van der Waals surface area contributed by atoms with Crippen molar-refractivity contribution in [2.24, 2.45) is 0 Å². The average molecular weight is 391 g/mol. The van der Waals surface area contributed by atoms with Crippen molar-refractivity contribution >= 4 is 29.0 Å². The molecule has 3 nitrogen and oxygen atoms in total. The summed E-state index contributed by atoms with van der Waals surface area (Å²) >= 11 is 12.2. The lowest BCUT2D eigenvalue weighted by molar-refractivity contribution is -0.128. The fourth-order valence-corrected chi connectivity index (χ4v) is 4.15. The van der Waals surface area contributed by atoms with Crippen LogP contribution < -0.4 is 5.32 Å². The number of likely N-dealkylation sites (N-methyl/N-ethyl adjacent to an activating group) is 1. The van der Waals surface area contributed by atoms with E-state index in [0.29, 0.717) is 16.5 Å². The van der Waals surface area contributed by atoms with E-state index in [1.807, 2.05) is 32.3 Å². The zero-order valence-corrected chi connectivity index (χ0v) is 16.9. The highest BCUT2D eigenvalue weighted by Gasteiger charge is 2.47. The van der Waals surface area contributed by atoms with E-state index >= 15 is 0 Å². The molecule has 2 atom stereocenters. The molecule has 2 unspecified atom stereocenters. The highest BCUT2D eigenvalue weighted by atomic mass is 35.5. The van der Waals surface area contributed by atoms with E-state index < -0.39 is 5.54 Å². The Hall–Kier alpha value is -1.39. The van der Waals surface area contributed by atoms with Crippen LogP contribution in [0, 0.1) is 0 Å². The SMILES string of the molecule is CC(N(C)C)C1(C(=O)Cc2ccc(Cl)c(Cl)c2)NCCc2ccccc21. The molecule has 0 aliphatic carbocycles. The van der Waals surface area contributed by atoms with Gasteiger partial charge in [0.2, 0.25) is 0 Å². The number of Topliss-reactive ketones (excluding diaryl/α,β-unsaturated/α-hetero) is 1. The summed E-state index contributed by atoms with van der Waals surface area (Å²) in [4.78, 5) is 15.7. The summed E-state index contributed by atoms with van der Waals surface area (Å²) in [5, 5.41) is 4.54. The highest BCUT2D eigenvalue weighted by Crippen LogP contribution is 2.36. The number of halogens is 2. The van der Waals surface area contributed by atoms with Gasteiger partial charge < -0.3 is 4.90 Å². The summed E-state index contributed by atoms with van der Waals surface area (Å²) in [5.74, 6) is 0.143. The second-order valence-electron chi connectivity index (χ2n) is 7.13. The largest absolute Gasteiger partial charge is 0.304 e. The Morgan fingerprint density at radius 3 is 2.62 bits per heavy atom. The highest BCUT2D eigenvalue weighted by molar-refractivity contribution is 6.42. The second kappa shape index (κ2) is 7.69. The standard InChI is InChI=1S/C21H24Cl2N2O/c1-14(25(2)3)21(17-7-5-4-6-16(17)10-11-24-21)20(26)13-15-8-9-18(22)19(23)12-15/h4-9,12,14,24H,10-11,13H2,1-3H3. The minimum atomic E-state index is -0.746. The van der Waals surface area contributed by atoms with Gasteiger partial charge in [-0.05, 0) is 56.3 Å². The number of fused-ring (bicyclic) bond motifs is 1. The quantitative estimate of drug-likeness (QED) is 0.833. The lowest BCUT2D eigenvalue weighted by Gasteiger charge is -2.45. The molecule has 0 saturated heterocycles. The Kier molecular flexibility index (Phi) is 5.73. The van der Waals surface area contributed by atoms with Crippen molar-refractivity contribution in [1.29, 1.82) is 0 Å². The molecule has 2 aromatic rings. The van der Waals surface area contributed by atoms with Crippen molar-refractivity contribution in [3.63, 3.8) is 0 Å². The Balaban J connectivity index is 2.05.